The summed E-state index contributed by atoms with van der Waals surface area (Å²) in [7, 11) is 5.64. The molecule has 0 aliphatic carbocycles. The number of carbonyl (C=O) groups excluding carboxylic acids is 8. The highest BCUT2D eigenvalue weighted by Crippen LogP contribution is 2.26. The van der Waals surface area contributed by atoms with Crippen LogP contribution in [0.25, 0.3) is 0 Å². The van der Waals surface area contributed by atoms with E-state index in [1.54, 1.807) is 90.1 Å². The van der Waals surface area contributed by atoms with Crippen molar-refractivity contribution in [2.75, 3.05) is 28.2 Å². The molecule has 0 N–H and O–H groups in total. The Labute approximate surface area is 422 Å². The van der Waals surface area contributed by atoms with Crippen LogP contribution in [0.4, 0.5) is 0 Å². The summed E-state index contributed by atoms with van der Waals surface area (Å²) in [4.78, 5) is 122. The van der Waals surface area contributed by atoms with Crippen LogP contribution in [0, 0.1) is 29.6 Å². The predicted molar refractivity (Wildman–Crippen MR) is 269 cm³/mol. The second kappa shape index (κ2) is 27.7. The van der Waals surface area contributed by atoms with Crippen molar-refractivity contribution in [2.24, 2.45) is 29.6 Å². The number of benzene rings is 2. The van der Waals surface area contributed by atoms with Gasteiger partial charge < -0.3 is 38.5 Å². The van der Waals surface area contributed by atoms with E-state index in [1.165, 1.54) is 47.8 Å². The number of carbonyl (C=O) groups is 8. The first-order valence-corrected chi connectivity index (χ1v) is 25.3. The summed E-state index contributed by atoms with van der Waals surface area (Å²) in [5.74, 6) is -8.54. The van der Waals surface area contributed by atoms with Gasteiger partial charge in [-0.25, -0.2) is 19.2 Å². The number of cyclic esters (lactones) is 4. The highest BCUT2D eigenvalue weighted by atomic mass is 16.6. The molecule has 394 valence electrons. The van der Waals surface area contributed by atoms with Crippen LogP contribution in [0.3, 0.4) is 0 Å². The number of amides is 4. The zero-order valence-electron chi connectivity index (χ0n) is 44.9. The molecule has 1 heterocycles. The summed E-state index contributed by atoms with van der Waals surface area (Å²) in [5, 5.41) is 0. The van der Waals surface area contributed by atoms with Gasteiger partial charge in [0.1, 0.15) is 24.2 Å². The summed E-state index contributed by atoms with van der Waals surface area (Å²) < 4.78 is 24.4. The minimum atomic E-state index is -1.44. The van der Waals surface area contributed by atoms with E-state index in [-0.39, 0.29) is 43.9 Å². The molecule has 2 aromatic carbocycles. The van der Waals surface area contributed by atoms with Gasteiger partial charge in [0, 0.05) is 41.0 Å². The normalized spacial score (nSPS) is 24.7. The van der Waals surface area contributed by atoms with Crippen LogP contribution in [0.15, 0.2) is 60.7 Å². The van der Waals surface area contributed by atoms with Gasteiger partial charge in [0.15, 0.2) is 24.4 Å². The van der Waals surface area contributed by atoms with E-state index < -0.39 is 114 Å². The molecule has 0 radical (unpaired) electrons. The molecule has 3 rings (SSSR count). The van der Waals surface area contributed by atoms with Crippen LogP contribution in [0.2, 0.25) is 0 Å². The van der Waals surface area contributed by atoms with Crippen LogP contribution >= 0.6 is 0 Å². The smallest absolute Gasteiger partial charge is 0.329 e. The third kappa shape index (κ3) is 16.6. The summed E-state index contributed by atoms with van der Waals surface area (Å²) in [6.45, 7) is 19.5. The molecular formula is C55H82N4O12. The number of likely N-dealkylation sites (N-methyl/N-ethyl adjacent to an activating group) is 4. The summed E-state index contributed by atoms with van der Waals surface area (Å²) in [6, 6.07) is 12.8. The largest absolute Gasteiger partial charge is 0.451 e. The Balaban J connectivity index is 2.34. The fraction of sp³-hybridized carbons (Fsp3) is 0.636. The SMILES string of the molecule is CCCCC1OC(=O)C(Cc2ccccc2)N(C)C(=O)C(C(C)C)OC(=O)C(CC(C)C)N(C)C(=O)C(C(C)C)OC(=O)C(CC(C)C)N(C)C(=O)C(C(C)C)OC(=O)C(Cc2ccccc2)N(C)C1=O. The van der Waals surface area contributed by atoms with Crippen molar-refractivity contribution in [3.63, 3.8) is 0 Å². The maximum absolute atomic E-state index is 14.8. The van der Waals surface area contributed by atoms with Gasteiger partial charge in [0.25, 0.3) is 23.6 Å². The Bertz CT molecular complexity index is 2040. The standard InChI is InChI=1S/C55H82N4O12/c1-16-17-28-44-48(60)56(12)43(32-39-26-22-19-23-27-39)55(67)71-46(36(8)9)50(62)58(14)40(29-33(2)3)53(65)69-45(35(6)7)49(61)57(13)41(30-34(4)5)54(66)70-47(37(10)11)51(63)59(15)42(52(64)68-44)31-38-24-20-18-21-25-38/h18-27,33-37,40-47H,16-17,28-32H2,1-15H3. The fourth-order valence-electron chi connectivity index (χ4n) is 8.46. The fourth-order valence-corrected chi connectivity index (χ4v) is 8.46. The number of ether oxygens (including phenoxy) is 4. The van der Waals surface area contributed by atoms with Gasteiger partial charge in [-0.15, -0.1) is 0 Å². The van der Waals surface area contributed by atoms with Crippen molar-refractivity contribution in [1.82, 2.24) is 19.6 Å². The van der Waals surface area contributed by atoms with Crippen LogP contribution in [-0.2, 0) is 70.1 Å². The van der Waals surface area contributed by atoms with Crippen LogP contribution < -0.4 is 0 Å². The summed E-state index contributed by atoms with van der Waals surface area (Å²) in [6.07, 6.45) is -4.37. The molecular weight excluding hydrogens is 909 g/mol. The highest BCUT2D eigenvalue weighted by molar-refractivity contribution is 5.94. The van der Waals surface area contributed by atoms with Crippen molar-refractivity contribution < 1.29 is 57.3 Å². The first-order chi connectivity index (χ1) is 33.3. The maximum atomic E-state index is 14.8. The highest BCUT2D eigenvalue weighted by Gasteiger charge is 2.45. The molecule has 8 unspecified atom stereocenters. The lowest BCUT2D eigenvalue weighted by Crippen LogP contribution is -2.56. The lowest BCUT2D eigenvalue weighted by molar-refractivity contribution is -0.179. The molecule has 8 atom stereocenters. The molecule has 4 amide bonds. The monoisotopic (exact) mass is 991 g/mol. The molecule has 1 aliphatic rings. The van der Waals surface area contributed by atoms with Gasteiger partial charge in [-0.2, -0.15) is 0 Å². The Hall–Kier alpha value is -5.80. The van der Waals surface area contributed by atoms with Crippen molar-refractivity contribution in [2.45, 2.75) is 170 Å². The molecule has 16 heteroatoms. The molecule has 0 aromatic heterocycles. The first kappa shape index (κ1) is 59.5. The molecule has 1 saturated heterocycles. The number of nitrogens with zero attached hydrogens (tertiary/aromatic N) is 4. The van der Waals surface area contributed by atoms with Crippen molar-refractivity contribution in [3.05, 3.63) is 71.8 Å². The van der Waals surface area contributed by atoms with Gasteiger partial charge in [-0.05, 0) is 66.4 Å². The molecule has 0 spiro atoms. The van der Waals surface area contributed by atoms with E-state index >= 15 is 0 Å². The second-order valence-corrected chi connectivity index (χ2v) is 20.9. The van der Waals surface area contributed by atoms with E-state index in [1.807, 2.05) is 46.8 Å². The molecule has 0 saturated carbocycles. The Morgan fingerprint density at radius 3 is 1.03 bits per heavy atom. The Kier molecular flexibility index (Phi) is 23.2. The Morgan fingerprint density at radius 1 is 0.423 bits per heavy atom. The van der Waals surface area contributed by atoms with Crippen molar-refractivity contribution >= 4 is 47.5 Å². The first-order valence-electron chi connectivity index (χ1n) is 25.3. The van der Waals surface area contributed by atoms with Crippen LogP contribution in [0.5, 0.6) is 0 Å². The lowest BCUT2D eigenvalue weighted by atomic mass is 9.98. The van der Waals surface area contributed by atoms with Gasteiger partial charge in [0.2, 0.25) is 0 Å². The third-order valence-electron chi connectivity index (χ3n) is 12.9. The molecule has 0 bridgehead atoms. The van der Waals surface area contributed by atoms with E-state index in [2.05, 4.69) is 0 Å². The van der Waals surface area contributed by atoms with E-state index in [9.17, 15) is 38.4 Å². The average Bonchev–Trinajstić information content (AvgIpc) is 3.32. The van der Waals surface area contributed by atoms with Gasteiger partial charge in [0.05, 0.1) is 0 Å². The minimum Gasteiger partial charge on any atom is -0.451 e. The number of hydrogen-bond acceptors (Lipinski definition) is 12. The predicted octanol–water partition coefficient (Wildman–Crippen LogP) is 6.69. The third-order valence-corrected chi connectivity index (χ3v) is 12.9. The lowest BCUT2D eigenvalue weighted by Gasteiger charge is -2.37. The van der Waals surface area contributed by atoms with Crippen LogP contribution in [0.1, 0.15) is 119 Å². The van der Waals surface area contributed by atoms with E-state index in [0.717, 1.165) is 0 Å². The van der Waals surface area contributed by atoms with Gasteiger partial charge in [-0.1, -0.05) is 143 Å². The summed E-state index contributed by atoms with van der Waals surface area (Å²) >= 11 is 0. The van der Waals surface area contributed by atoms with E-state index in [0.29, 0.717) is 24.0 Å². The molecule has 16 nitrogen and oxygen atoms in total. The molecule has 1 fully saturated rings. The van der Waals surface area contributed by atoms with Gasteiger partial charge >= 0.3 is 23.9 Å². The number of unbranched alkanes of at least 4 members (excludes halogenated alkanes) is 1. The number of esters is 4. The van der Waals surface area contributed by atoms with Crippen LogP contribution in [-0.4, -0.2) is 144 Å². The van der Waals surface area contributed by atoms with Gasteiger partial charge in [-0.3, -0.25) is 19.2 Å². The number of rotatable bonds is 14. The zero-order chi connectivity index (χ0) is 53.4. The quantitative estimate of drug-likeness (QED) is 0.144. The molecule has 71 heavy (non-hydrogen) atoms. The Morgan fingerprint density at radius 2 is 0.718 bits per heavy atom. The topological polar surface area (TPSA) is 186 Å². The molecule has 1 aliphatic heterocycles. The minimum absolute atomic E-state index is 0.0340. The summed E-state index contributed by atoms with van der Waals surface area (Å²) in [5.41, 5.74) is 1.35. The number of hydrogen-bond donors (Lipinski definition) is 0. The second-order valence-electron chi connectivity index (χ2n) is 20.9. The van der Waals surface area contributed by atoms with Crippen molar-refractivity contribution in [1.29, 1.82) is 0 Å². The van der Waals surface area contributed by atoms with Crippen molar-refractivity contribution in [3.8, 4) is 0 Å². The maximum Gasteiger partial charge on any atom is 0.329 e. The average molecular weight is 991 g/mol. The molecule has 2 aromatic rings. The van der Waals surface area contributed by atoms with E-state index in [4.69, 9.17) is 18.9 Å². The zero-order valence-corrected chi connectivity index (χ0v) is 44.9.